The van der Waals surface area contributed by atoms with E-state index in [2.05, 4.69) is 5.32 Å². The van der Waals surface area contributed by atoms with Crippen LogP contribution >= 0.6 is 0 Å². The highest BCUT2D eigenvalue weighted by atomic mass is 19.4. The van der Waals surface area contributed by atoms with E-state index < -0.39 is 23.2 Å². The molecule has 152 valence electrons. The summed E-state index contributed by atoms with van der Waals surface area (Å²) >= 11 is 0. The van der Waals surface area contributed by atoms with E-state index in [9.17, 15) is 22.0 Å². The minimum Gasteiger partial charge on any atom is -0.372 e. The highest BCUT2D eigenvalue weighted by molar-refractivity contribution is 5.34. The lowest BCUT2D eigenvalue weighted by atomic mass is 9.94. The Kier molecular flexibility index (Phi) is 6.05. The van der Waals surface area contributed by atoms with Gasteiger partial charge in [0, 0.05) is 12.5 Å². The monoisotopic (exact) mass is 399 g/mol. The van der Waals surface area contributed by atoms with E-state index in [1.807, 2.05) is 30.3 Å². The predicted octanol–water partition coefficient (Wildman–Crippen LogP) is 5.83. The molecule has 0 spiro atoms. The lowest BCUT2D eigenvalue weighted by Gasteiger charge is -2.33. The van der Waals surface area contributed by atoms with E-state index in [0.29, 0.717) is 13.0 Å². The number of piperidine rings is 1. The van der Waals surface area contributed by atoms with Gasteiger partial charge < -0.3 is 10.1 Å². The minimum atomic E-state index is -4.70. The summed E-state index contributed by atoms with van der Waals surface area (Å²) in [5.74, 6) is -3.37. The normalized spacial score (nSPS) is 20.9. The van der Waals surface area contributed by atoms with E-state index in [4.69, 9.17) is 4.74 Å². The molecule has 2 aromatic rings. The Morgan fingerprint density at radius 3 is 2.32 bits per heavy atom. The van der Waals surface area contributed by atoms with Crippen LogP contribution in [0.2, 0.25) is 0 Å². The highest BCUT2D eigenvalue weighted by Gasteiger charge is 2.35. The van der Waals surface area contributed by atoms with Crippen LogP contribution in [0.3, 0.4) is 0 Å². The number of halogens is 5. The van der Waals surface area contributed by atoms with E-state index in [1.54, 1.807) is 0 Å². The summed E-state index contributed by atoms with van der Waals surface area (Å²) in [6.45, 7) is 1.24. The van der Waals surface area contributed by atoms with E-state index >= 15 is 0 Å². The maximum absolute atomic E-state index is 13.7. The Balaban J connectivity index is 1.81. The van der Waals surface area contributed by atoms with Crippen molar-refractivity contribution in [1.29, 1.82) is 0 Å². The number of alkyl halides is 5. The predicted molar refractivity (Wildman–Crippen MR) is 96.0 cm³/mol. The van der Waals surface area contributed by atoms with E-state index in [1.165, 1.54) is 0 Å². The third kappa shape index (κ3) is 5.08. The summed E-state index contributed by atoms with van der Waals surface area (Å²) < 4.78 is 72.6. The molecule has 0 aliphatic carbocycles. The Morgan fingerprint density at radius 2 is 1.68 bits per heavy atom. The van der Waals surface area contributed by atoms with Crippen LogP contribution in [0.25, 0.3) is 0 Å². The molecule has 1 aliphatic heterocycles. The first-order chi connectivity index (χ1) is 13.1. The Hall–Kier alpha value is -1.99. The average Bonchev–Trinajstić information content (AvgIpc) is 2.66. The molecule has 7 heteroatoms. The van der Waals surface area contributed by atoms with E-state index in [-0.39, 0.29) is 24.3 Å². The first-order valence-electron chi connectivity index (χ1n) is 9.14. The molecule has 0 bridgehead atoms. The molecule has 1 heterocycles. The molecule has 2 aromatic carbocycles. The highest BCUT2D eigenvalue weighted by Crippen LogP contribution is 2.36. The van der Waals surface area contributed by atoms with Crippen molar-refractivity contribution in [3.8, 4) is 0 Å². The van der Waals surface area contributed by atoms with Crippen molar-refractivity contribution in [2.75, 3.05) is 6.54 Å². The standard InChI is InChI=1S/C21H22F5NO/c1-20(22,23)16-10-14(11-17(12-16)21(24,25)26)13-28-18-8-5-9-27-19(18)15-6-3-2-4-7-15/h2-4,6-7,10-12,18-19,27H,5,8-9,13H2,1H3/t18-,19-/m0/s1. The van der Waals surface area contributed by atoms with Crippen LogP contribution in [0.15, 0.2) is 48.5 Å². The van der Waals surface area contributed by atoms with Crippen LogP contribution in [-0.4, -0.2) is 12.6 Å². The smallest absolute Gasteiger partial charge is 0.372 e. The molecular weight excluding hydrogens is 377 g/mol. The first-order valence-corrected chi connectivity index (χ1v) is 9.14. The van der Waals surface area contributed by atoms with Crippen molar-refractivity contribution in [1.82, 2.24) is 5.32 Å². The van der Waals surface area contributed by atoms with Crippen molar-refractivity contribution in [3.05, 3.63) is 70.8 Å². The molecular formula is C21H22F5NO. The van der Waals surface area contributed by atoms with Crippen LogP contribution in [-0.2, 0) is 23.4 Å². The van der Waals surface area contributed by atoms with Gasteiger partial charge in [0.25, 0.3) is 5.92 Å². The van der Waals surface area contributed by atoms with Gasteiger partial charge in [0.05, 0.1) is 24.3 Å². The SMILES string of the molecule is CC(F)(F)c1cc(CO[C@H]2CCCN[C@H]2c2ccccc2)cc(C(F)(F)F)c1. The van der Waals surface area contributed by atoms with E-state index in [0.717, 1.165) is 37.1 Å². The Morgan fingerprint density at radius 1 is 1.00 bits per heavy atom. The molecule has 0 saturated carbocycles. The summed E-state index contributed by atoms with van der Waals surface area (Å²) in [6, 6.07) is 12.0. The molecule has 28 heavy (non-hydrogen) atoms. The number of rotatable bonds is 5. The molecule has 0 aromatic heterocycles. The van der Waals surface area contributed by atoms with Gasteiger partial charge in [0.1, 0.15) is 0 Å². The Bertz CT molecular complexity index is 753. The number of ether oxygens (including phenoxy) is 1. The fourth-order valence-electron chi connectivity index (χ4n) is 3.43. The summed E-state index contributed by atoms with van der Waals surface area (Å²) in [6.07, 6.45) is -3.34. The van der Waals surface area contributed by atoms with Crippen LogP contribution in [0, 0.1) is 0 Å². The molecule has 3 rings (SSSR count). The van der Waals surface area contributed by atoms with Gasteiger partial charge >= 0.3 is 6.18 Å². The Labute approximate surface area is 160 Å². The first kappa shape index (κ1) is 20.7. The van der Waals surface area contributed by atoms with Gasteiger partial charge in [-0.3, -0.25) is 0 Å². The maximum Gasteiger partial charge on any atom is 0.416 e. The molecule has 1 aliphatic rings. The minimum absolute atomic E-state index is 0.0868. The van der Waals surface area contributed by atoms with Gasteiger partial charge in [0.15, 0.2) is 0 Å². The summed E-state index contributed by atoms with van der Waals surface area (Å²) in [5.41, 5.74) is -0.644. The second kappa shape index (κ2) is 8.17. The van der Waals surface area contributed by atoms with Crippen LogP contribution in [0.4, 0.5) is 22.0 Å². The maximum atomic E-state index is 13.7. The van der Waals surface area contributed by atoms with Gasteiger partial charge in [-0.05, 0) is 48.7 Å². The summed E-state index contributed by atoms with van der Waals surface area (Å²) in [4.78, 5) is 0. The molecule has 2 nitrogen and oxygen atoms in total. The molecule has 1 saturated heterocycles. The van der Waals surface area contributed by atoms with Crippen molar-refractivity contribution in [3.63, 3.8) is 0 Å². The van der Waals surface area contributed by atoms with Gasteiger partial charge in [0.2, 0.25) is 0 Å². The zero-order valence-electron chi connectivity index (χ0n) is 15.4. The molecule has 1 fully saturated rings. The van der Waals surface area contributed by atoms with Crippen LogP contribution < -0.4 is 5.32 Å². The number of hydrogen-bond acceptors (Lipinski definition) is 2. The molecule has 0 radical (unpaired) electrons. The quantitative estimate of drug-likeness (QED) is 0.639. The fraction of sp³-hybridized carbons (Fsp3) is 0.429. The zero-order valence-corrected chi connectivity index (χ0v) is 15.4. The third-order valence-corrected chi connectivity index (χ3v) is 4.85. The van der Waals surface area contributed by atoms with Crippen LogP contribution in [0.1, 0.15) is 48.1 Å². The lowest BCUT2D eigenvalue weighted by Crippen LogP contribution is -2.39. The number of nitrogens with one attached hydrogen (secondary N) is 1. The lowest BCUT2D eigenvalue weighted by molar-refractivity contribution is -0.137. The number of benzene rings is 2. The summed E-state index contributed by atoms with van der Waals surface area (Å²) in [7, 11) is 0. The molecule has 0 amide bonds. The second-order valence-electron chi connectivity index (χ2n) is 7.14. The van der Waals surface area contributed by atoms with Crippen molar-refractivity contribution in [2.24, 2.45) is 0 Å². The van der Waals surface area contributed by atoms with Crippen molar-refractivity contribution >= 4 is 0 Å². The second-order valence-corrected chi connectivity index (χ2v) is 7.14. The van der Waals surface area contributed by atoms with Crippen LogP contribution in [0.5, 0.6) is 0 Å². The van der Waals surface area contributed by atoms with Crippen molar-refractivity contribution < 1.29 is 26.7 Å². The van der Waals surface area contributed by atoms with Gasteiger partial charge in [-0.15, -0.1) is 0 Å². The van der Waals surface area contributed by atoms with Gasteiger partial charge in [-0.25, -0.2) is 8.78 Å². The molecule has 2 atom stereocenters. The molecule has 1 N–H and O–H groups in total. The number of hydrogen-bond donors (Lipinski definition) is 1. The average molecular weight is 399 g/mol. The zero-order chi connectivity index (χ0) is 20.4. The third-order valence-electron chi connectivity index (χ3n) is 4.85. The molecule has 0 unspecified atom stereocenters. The van der Waals surface area contributed by atoms with Gasteiger partial charge in [-0.1, -0.05) is 30.3 Å². The van der Waals surface area contributed by atoms with Gasteiger partial charge in [-0.2, -0.15) is 13.2 Å². The topological polar surface area (TPSA) is 21.3 Å². The summed E-state index contributed by atoms with van der Waals surface area (Å²) in [5, 5.41) is 3.37. The largest absolute Gasteiger partial charge is 0.416 e. The fourth-order valence-corrected chi connectivity index (χ4v) is 3.43. The van der Waals surface area contributed by atoms with Crippen molar-refractivity contribution in [2.45, 2.75) is 50.6 Å².